The van der Waals surface area contributed by atoms with Gasteiger partial charge in [0.2, 0.25) is 21.8 Å². The topological polar surface area (TPSA) is 145 Å². The van der Waals surface area contributed by atoms with Crippen molar-refractivity contribution in [3.8, 4) is 0 Å². The highest BCUT2D eigenvalue weighted by atomic mass is 32.2. The summed E-state index contributed by atoms with van der Waals surface area (Å²) in [6.07, 6.45) is 0. The average Bonchev–Trinajstić information content (AvgIpc) is 2.71. The minimum atomic E-state index is -4.02. The lowest BCUT2D eigenvalue weighted by atomic mass is 10.1. The standard InChI is InChI=1S/C20H26N4O6S/c1-12(19(26)23-13(2)20(27)28)22-18(25)11-21-31(29,30)17-10-6-7-14-15(17)8-5-9-16(14)24(3)4/h5-10,12-13,21H,11H2,1-4H3,(H,22,25)(H,23,26)(H,27,28)/t12-,13+/m0/s1. The number of anilines is 1. The van der Waals surface area contributed by atoms with E-state index < -0.39 is 46.4 Å². The third kappa shape index (κ3) is 5.92. The van der Waals surface area contributed by atoms with Gasteiger partial charge in [-0.2, -0.15) is 0 Å². The van der Waals surface area contributed by atoms with Crippen LogP contribution in [0.1, 0.15) is 13.8 Å². The van der Waals surface area contributed by atoms with Crippen LogP contribution in [-0.4, -0.2) is 64.0 Å². The van der Waals surface area contributed by atoms with Crippen LogP contribution >= 0.6 is 0 Å². The number of benzene rings is 2. The fraction of sp³-hybridized carbons (Fsp3) is 0.350. The molecule has 10 nitrogen and oxygen atoms in total. The minimum absolute atomic E-state index is 0.0302. The SMILES string of the molecule is C[C@H](NC(=O)CNS(=O)(=O)c1cccc2c(N(C)C)cccc12)C(=O)N[C@H](C)C(=O)O. The summed E-state index contributed by atoms with van der Waals surface area (Å²) in [6.45, 7) is 2.07. The molecule has 0 unspecified atom stereocenters. The van der Waals surface area contributed by atoms with Crippen molar-refractivity contribution in [3.63, 3.8) is 0 Å². The molecule has 0 aliphatic rings. The Kier molecular flexibility index (Phi) is 7.58. The number of carboxylic acids is 1. The molecule has 168 valence electrons. The zero-order chi connectivity index (χ0) is 23.3. The Hall–Kier alpha value is -3.18. The molecule has 2 amide bonds. The molecule has 4 N–H and O–H groups in total. The monoisotopic (exact) mass is 450 g/mol. The first kappa shape index (κ1) is 24.1. The molecule has 2 rings (SSSR count). The summed E-state index contributed by atoms with van der Waals surface area (Å²) in [7, 11) is -0.310. The van der Waals surface area contributed by atoms with E-state index in [0.29, 0.717) is 5.39 Å². The third-order valence-electron chi connectivity index (χ3n) is 4.55. The summed E-state index contributed by atoms with van der Waals surface area (Å²) in [5.41, 5.74) is 0.850. The highest BCUT2D eigenvalue weighted by Crippen LogP contribution is 2.29. The second-order valence-corrected chi connectivity index (χ2v) is 8.94. The predicted octanol–water partition coefficient (Wildman–Crippen LogP) is 0.278. The lowest BCUT2D eigenvalue weighted by molar-refractivity contribution is -0.141. The van der Waals surface area contributed by atoms with E-state index in [4.69, 9.17) is 5.11 Å². The van der Waals surface area contributed by atoms with Gasteiger partial charge in [-0.3, -0.25) is 14.4 Å². The first-order valence-corrected chi connectivity index (χ1v) is 10.9. The smallest absolute Gasteiger partial charge is 0.325 e. The van der Waals surface area contributed by atoms with Gasteiger partial charge in [0.1, 0.15) is 12.1 Å². The van der Waals surface area contributed by atoms with Crippen molar-refractivity contribution in [2.75, 3.05) is 25.5 Å². The maximum absolute atomic E-state index is 12.8. The minimum Gasteiger partial charge on any atom is -0.480 e. The number of nitrogens with zero attached hydrogens (tertiary/aromatic N) is 1. The molecule has 0 heterocycles. The van der Waals surface area contributed by atoms with Crippen molar-refractivity contribution in [1.82, 2.24) is 15.4 Å². The molecule has 0 fully saturated rings. The van der Waals surface area contributed by atoms with Crippen molar-refractivity contribution >= 4 is 44.3 Å². The fourth-order valence-corrected chi connectivity index (χ4v) is 4.09. The number of rotatable bonds is 9. The van der Waals surface area contributed by atoms with E-state index in [9.17, 15) is 22.8 Å². The van der Waals surface area contributed by atoms with Crippen LogP contribution in [0.25, 0.3) is 10.8 Å². The van der Waals surface area contributed by atoms with Gasteiger partial charge in [0, 0.05) is 30.6 Å². The number of nitrogens with one attached hydrogen (secondary N) is 3. The number of sulfonamides is 1. The third-order valence-corrected chi connectivity index (χ3v) is 6.01. The number of hydrogen-bond donors (Lipinski definition) is 4. The number of fused-ring (bicyclic) bond motifs is 1. The van der Waals surface area contributed by atoms with E-state index >= 15 is 0 Å². The number of hydrogen-bond acceptors (Lipinski definition) is 6. The number of carbonyl (C=O) groups is 3. The maximum Gasteiger partial charge on any atom is 0.325 e. The summed E-state index contributed by atoms with van der Waals surface area (Å²) in [6, 6.07) is 8.04. The molecule has 0 aliphatic carbocycles. The van der Waals surface area contributed by atoms with Crippen LogP contribution in [0.15, 0.2) is 41.3 Å². The second kappa shape index (κ2) is 9.75. The molecule has 2 aromatic carbocycles. The Bertz CT molecular complexity index is 1100. The Morgan fingerprint density at radius 1 is 0.968 bits per heavy atom. The molecule has 11 heteroatoms. The van der Waals surface area contributed by atoms with E-state index in [1.54, 1.807) is 18.2 Å². The Labute approximate surface area is 180 Å². The molecule has 0 saturated carbocycles. The molecule has 0 spiro atoms. The normalized spacial score (nSPS) is 13.3. The van der Waals surface area contributed by atoms with Crippen LogP contribution in [-0.2, 0) is 24.4 Å². The molecule has 0 saturated heterocycles. The van der Waals surface area contributed by atoms with E-state index in [0.717, 1.165) is 11.1 Å². The lowest BCUT2D eigenvalue weighted by Crippen LogP contribution is -2.51. The largest absolute Gasteiger partial charge is 0.480 e. The summed E-state index contributed by atoms with van der Waals surface area (Å²) < 4.78 is 27.9. The predicted molar refractivity (Wildman–Crippen MR) is 116 cm³/mol. The summed E-state index contributed by atoms with van der Waals surface area (Å²) in [5.74, 6) is -2.65. The first-order chi connectivity index (χ1) is 14.4. The van der Waals surface area contributed by atoms with Crippen molar-refractivity contribution in [2.45, 2.75) is 30.8 Å². The second-order valence-electron chi connectivity index (χ2n) is 7.21. The zero-order valence-electron chi connectivity index (χ0n) is 17.7. The zero-order valence-corrected chi connectivity index (χ0v) is 18.5. The Morgan fingerprint density at radius 3 is 2.19 bits per heavy atom. The van der Waals surface area contributed by atoms with Crippen LogP contribution in [0.3, 0.4) is 0 Å². The lowest BCUT2D eigenvalue weighted by Gasteiger charge is -2.18. The average molecular weight is 451 g/mol. The van der Waals surface area contributed by atoms with Gasteiger partial charge in [-0.15, -0.1) is 0 Å². The van der Waals surface area contributed by atoms with E-state index in [1.165, 1.54) is 19.9 Å². The molecule has 2 aromatic rings. The van der Waals surface area contributed by atoms with Gasteiger partial charge in [-0.1, -0.05) is 24.3 Å². The van der Waals surface area contributed by atoms with Gasteiger partial charge < -0.3 is 20.6 Å². The maximum atomic E-state index is 12.8. The number of aliphatic carboxylic acids is 1. The van der Waals surface area contributed by atoms with Crippen LogP contribution in [0, 0.1) is 0 Å². The van der Waals surface area contributed by atoms with Crippen LogP contribution < -0.4 is 20.3 Å². The molecular formula is C20H26N4O6S. The summed E-state index contributed by atoms with van der Waals surface area (Å²) in [4.78, 5) is 36.7. The summed E-state index contributed by atoms with van der Waals surface area (Å²) >= 11 is 0. The van der Waals surface area contributed by atoms with Crippen LogP contribution in [0.2, 0.25) is 0 Å². The van der Waals surface area contributed by atoms with Crippen molar-refractivity contribution in [3.05, 3.63) is 36.4 Å². The quantitative estimate of drug-likeness (QED) is 0.429. The molecule has 31 heavy (non-hydrogen) atoms. The molecule has 0 radical (unpaired) electrons. The van der Waals surface area contributed by atoms with Crippen molar-refractivity contribution in [2.24, 2.45) is 0 Å². The van der Waals surface area contributed by atoms with Crippen LogP contribution in [0.4, 0.5) is 5.69 Å². The van der Waals surface area contributed by atoms with E-state index in [2.05, 4.69) is 15.4 Å². The van der Waals surface area contributed by atoms with Crippen LogP contribution in [0.5, 0.6) is 0 Å². The van der Waals surface area contributed by atoms with E-state index in [1.807, 2.05) is 31.1 Å². The Balaban J connectivity index is 2.10. The number of carboxylic acid groups (broad SMARTS) is 1. The number of carbonyl (C=O) groups excluding carboxylic acids is 2. The first-order valence-electron chi connectivity index (χ1n) is 9.45. The van der Waals surface area contributed by atoms with Crippen molar-refractivity contribution < 1.29 is 27.9 Å². The van der Waals surface area contributed by atoms with Gasteiger partial charge in [0.15, 0.2) is 0 Å². The summed E-state index contributed by atoms with van der Waals surface area (Å²) in [5, 5.41) is 14.6. The highest BCUT2D eigenvalue weighted by molar-refractivity contribution is 7.89. The highest BCUT2D eigenvalue weighted by Gasteiger charge is 2.23. The van der Waals surface area contributed by atoms with Gasteiger partial charge in [0.25, 0.3) is 0 Å². The van der Waals surface area contributed by atoms with Crippen molar-refractivity contribution in [1.29, 1.82) is 0 Å². The number of amides is 2. The molecular weight excluding hydrogens is 424 g/mol. The van der Waals surface area contributed by atoms with E-state index in [-0.39, 0.29) is 4.90 Å². The molecule has 0 bridgehead atoms. The fourth-order valence-electron chi connectivity index (χ4n) is 2.89. The van der Waals surface area contributed by atoms with Gasteiger partial charge in [0.05, 0.1) is 11.4 Å². The molecule has 0 aromatic heterocycles. The molecule has 2 atom stereocenters. The van der Waals surface area contributed by atoms with Gasteiger partial charge in [-0.25, -0.2) is 13.1 Å². The van der Waals surface area contributed by atoms with Gasteiger partial charge in [-0.05, 0) is 26.0 Å². The van der Waals surface area contributed by atoms with Gasteiger partial charge >= 0.3 is 5.97 Å². The Morgan fingerprint density at radius 2 is 1.58 bits per heavy atom. The molecule has 0 aliphatic heterocycles.